The number of halogens is 3. The highest BCUT2D eigenvalue weighted by Gasteiger charge is 2.06. The highest BCUT2D eigenvalue weighted by molar-refractivity contribution is 7.13. The van der Waals surface area contributed by atoms with Crippen LogP contribution >= 0.6 is 48.6 Å². The maximum Gasteiger partial charge on any atom is 0.212 e. The van der Waals surface area contributed by atoms with E-state index in [2.05, 4.69) is 20.3 Å². The van der Waals surface area contributed by atoms with Crippen LogP contribution in [-0.2, 0) is 11.3 Å². The summed E-state index contributed by atoms with van der Waals surface area (Å²) in [7, 11) is 1.63. The zero-order valence-corrected chi connectivity index (χ0v) is 16.2. The summed E-state index contributed by atoms with van der Waals surface area (Å²) < 4.78 is 4.92. The molecule has 2 aromatic rings. The Balaban J connectivity index is 0. The molecule has 2 aromatic heterocycles. The van der Waals surface area contributed by atoms with E-state index < -0.39 is 0 Å². The molecule has 0 spiro atoms. The molecule has 24 heavy (non-hydrogen) atoms. The number of thiazole rings is 1. The summed E-state index contributed by atoms with van der Waals surface area (Å²) in [5.41, 5.74) is 13.7. The van der Waals surface area contributed by atoms with Crippen molar-refractivity contribution in [3.8, 4) is 11.4 Å². The third-order valence-electron chi connectivity index (χ3n) is 2.60. The third kappa shape index (κ3) is 7.61. The number of aliphatic imine (C=N–C) groups is 1. The van der Waals surface area contributed by atoms with Gasteiger partial charge in [0, 0.05) is 25.6 Å². The normalized spacial score (nSPS) is 10.2. The fraction of sp³-hybridized carbons (Fsp3) is 0.308. The van der Waals surface area contributed by atoms with E-state index in [0.717, 1.165) is 17.1 Å². The van der Waals surface area contributed by atoms with Gasteiger partial charge in [-0.2, -0.15) is 4.99 Å². The molecule has 0 aliphatic rings. The summed E-state index contributed by atoms with van der Waals surface area (Å²) in [6, 6.07) is 5.68. The summed E-state index contributed by atoms with van der Waals surface area (Å²) in [4.78, 5) is 13.0. The molecule has 0 aromatic carbocycles. The first-order chi connectivity index (χ1) is 10.2. The lowest BCUT2D eigenvalue weighted by atomic mass is 10.2. The molecule has 0 radical (unpaired) electrons. The molecule has 7 nitrogen and oxygen atoms in total. The van der Waals surface area contributed by atoms with Crippen molar-refractivity contribution in [2.75, 3.05) is 20.3 Å². The average molecular weight is 416 g/mol. The molecule has 2 heterocycles. The van der Waals surface area contributed by atoms with Crippen LogP contribution in [0.2, 0.25) is 0 Å². The van der Waals surface area contributed by atoms with E-state index >= 15 is 0 Å². The summed E-state index contributed by atoms with van der Waals surface area (Å²) in [6.45, 7) is 1.57. The first kappa shape index (κ1) is 25.1. The fourth-order valence-corrected chi connectivity index (χ4v) is 2.29. The number of ether oxygens (including phenoxy) is 1. The number of methoxy groups -OCH3 is 1. The van der Waals surface area contributed by atoms with E-state index in [0.29, 0.717) is 30.8 Å². The SMILES string of the molecule is COCCNC(N)=Nc1nc(-c2cccc(CN)n2)cs1.Cl.Cl.Cl. The van der Waals surface area contributed by atoms with Gasteiger partial charge in [0.2, 0.25) is 5.13 Å². The monoisotopic (exact) mass is 414 g/mol. The van der Waals surface area contributed by atoms with Gasteiger partial charge in [0.15, 0.2) is 5.96 Å². The standard InChI is InChI=1S/C13H18N6OS.3ClH/c1-20-6-5-16-12(15)19-13-18-11(8-21-13)10-4-2-3-9(7-14)17-10;;;/h2-4,8H,5-7,14H2,1H3,(H3,15,16,18,19);3*1H. The number of hydrogen-bond acceptors (Lipinski definition) is 6. The van der Waals surface area contributed by atoms with Crippen LogP contribution in [0.4, 0.5) is 5.13 Å². The molecule has 0 amide bonds. The number of aromatic nitrogens is 2. The van der Waals surface area contributed by atoms with Gasteiger partial charge in [-0.05, 0) is 12.1 Å². The Kier molecular flexibility index (Phi) is 13.8. The maximum atomic E-state index is 5.76. The quantitative estimate of drug-likeness (QED) is 0.378. The minimum atomic E-state index is 0. The highest BCUT2D eigenvalue weighted by atomic mass is 35.5. The number of rotatable bonds is 6. The van der Waals surface area contributed by atoms with Crippen LogP contribution in [0.5, 0.6) is 0 Å². The summed E-state index contributed by atoms with van der Waals surface area (Å²) in [5, 5.41) is 5.41. The molecule has 0 aliphatic heterocycles. The van der Waals surface area contributed by atoms with Crippen molar-refractivity contribution in [1.82, 2.24) is 15.3 Å². The second kappa shape index (κ2) is 13.2. The minimum Gasteiger partial charge on any atom is -0.383 e. The van der Waals surface area contributed by atoms with Gasteiger partial charge in [-0.15, -0.1) is 48.6 Å². The molecule has 2 rings (SSSR count). The van der Waals surface area contributed by atoms with Crippen molar-refractivity contribution < 1.29 is 4.74 Å². The molecular formula is C13H21Cl3N6OS. The Labute approximate surface area is 163 Å². The smallest absolute Gasteiger partial charge is 0.212 e. The van der Waals surface area contributed by atoms with Gasteiger partial charge in [0.1, 0.15) is 5.69 Å². The Hall–Kier alpha value is -1.16. The molecule has 136 valence electrons. The van der Waals surface area contributed by atoms with Gasteiger partial charge in [0.05, 0.1) is 18.0 Å². The van der Waals surface area contributed by atoms with Crippen molar-refractivity contribution in [3.05, 3.63) is 29.3 Å². The Morgan fingerprint density at radius 1 is 1.25 bits per heavy atom. The molecule has 0 aliphatic carbocycles. The van der Waals surface area contributed by atoms with Crippen molar-refractivity contribution in [3.63, 3.8) is 0 Å². The van der Waals surface area contributed by atoms with Gasteiger partial charge in [-0.1, -0.05) is 6.07 Å². The lowest BCUT2D eigenvalue weighted by molar-refractivity contribution is 0.204. The average Bonchev–Trinajstić information content (AvgIpc) is 2.96. The lowest BCUT2D eigenvalue weighted by Gasteiger charge is -2.02. The molecule has 0 unspecified atom stereocenters. The topological polar surface area (TPSA) is 111 Å². The second-order valence-corrected chi connectivity index (χ2v) is 4.99. The van der Waals surface area contributed by atoms with Gasteiger partial charge in [0.25, 0.3) is 0 Å². The van der Waals surface area contributed by atoms with Crippen LogP contribution in [0.25, 0.3) is 11.4 Å². The van der Waals surface area contributed by atoms with E-state index in [4.69, 9.17) is 16.2 Å². The number of hydrogen-bond donors (Lipinski definition) is 3. The molecule has 0 fully saturated rings. The summed E-state index contributed by atoms with van der Waals surface area (Å²) in [6.07, 6.45) is 0. The number of nitrogens with one attached hydrogen (secondary N) is 1. The molecular weight excluding hydrogens is 395 g/mol. The van der Waals surface area contributed by atoms with Crippen LogP contribution in [0.1, 0.15) is 5.69 Å². The van der Waals surface area contributed by atoms with E-state index in [1.165, 1.54) is 11.3 Å². The summed E-state index contributed by atoms with van der Waals surface area (Å²) >= 11 is 1.40. The predicted molar refractivity (Wildman–Crippen MR) is 106 cm³/mol. The third-order valence-corrected chi connectivity index (χ3v) is 3.33. The first-order valence-electron chi connectivity index (χ1n) is 6.42. The van der Waals surface area contributed by atoms with Crippen LogP contribution < -0.4 is 16.8 Å². The highest BCUT2D eigenvalue weighted by Crippen LogP contribution is 2.25. The van der Waals surface area contributed by atoms with Gasteiger partial charge >= 0.3 is 0 Å². The number of guanidine groups is 1. The minimum absolute atomic E-state index is 0. The van der Waals surface area contributed by atoms with Gasteiger partial charge in [-0.25, -0.2) is 9.97 Å². The van der Waals surface area contributed by atoms with Crippen molar-refractivity contribution in [2.24, 2.45) is 16.5 Å². The largest absolute Gasteiger partial charge is 0.383 e. The Morgan fingerprint density at radius 3 is 2.67 bits per heavy atom. The molecule has 5 N–H and O–H groups in total. The molecule has 0 atom stereocenters. The van der Waals surface area contributed by atoms with E-state index in [-0.39, 0.29) is 37.2 Å². The molecule has 0 saturated heterocycles. The zero-order chi connectivity index (χ0) is 15.1. The van der Waals surface area contributed by atoms with Crippen molar-refractivity contribution in [2.45, 2.75) is 6.54 Å². The van der Waals surface area contributed by atoms with Gasteiger partial charge < -0.3 is 21.5 Å². The van der Waals surface area contributed by atoms with Crippen molar-refractivity contribution in [1.29, 1.82) is 0 Å². The van der Waals surface area contributed by atoms with Crippen LogP contribution in [-0.4, -0.2) is 36.2 Å². The number of nitrogens with two attached hydrogens (primary N) is 2. The zero-order valence-electron chi connectivity index (χ0n) is 13.0. The maximum absolute atomic E-state index is 5.76. The number of pyridine rings is 1. The Bertz CT molecular complexity index is 625. The van der Waals surface area contributed by atoms with E-state index in [1.54, 1.807) is 7.11 Å². The van der Waals surface area contributed by atoms with Crippen molar-refractivity contribution >= 4 is 59.6 Å². The van der Waals surface area contributed by atoms with Crippen LogP contribution in [0.15, 0.2) is 28.6 Å². The van der Waals surface area contributed by atoms with E-state index in [1.807, 2.05) is 23.6 Å². The van der Waals surface area contributed by atoms with Crippen LogP contribution in [0.3, 0.4) is 0 Å². The summed E-state index contributed by atoms with van der Waals surface area (Å²) in [5.74, 6) is 0.316. The first-order valence-corrected chi connectivity index (χ1v) is 7.29. The fourth-order valence-electron chi connectivity index (χ4n) is 1.59. The predicted octanol–water partition coefficient (Wildman–Crippen LogP) is 2.11. The lowest BCUT2D eigenvalue weighted by Crippen LogP contribution is -2.33. The second-order valence-electron chi connectivity index (χ2n) is 4.15. The van der Waals surface area contributed by atoms with E-state index in [9.17, 15) is 0 Å². The molecule has 0 saturated carbocycles. The molecule has 11 heteroatoms. The van der Waals surface area contributed by atoms with Gasteiger partial charge in [-0.3, -0.25) is 0 Å². The van der Waals surface area contributed by atoms with Crippen LogP contribution in [0, 0.1) is 0 Å². The molecule has 0 bridgehead atoms. The Morgan fingerprint density at radius 2 is 2.00 bits per heavy atom. The number of nitrogens with zero attached hydrogens (tertiary/aromatic N) is 3.